The standard InChI is InChI=1S/C24H29N9O9S2/c1-28-3-7-30(8-4-28)43(39,40)15-11-17-21(19(13-15)32(35)36)22-18(23(17)26-27-24(25)34)12-16(14-20(22)33(37)38)44(41,42)31-9-5-29(2)6-10-31/h11-14H,3-10H2,1-2H3,(H3,25,27,34). The lowest BCUT2D eigenvalue weighted by atomic mass is 10.0. The molecule has 2 fully saturated rings. The molecule has 0 atom stereocenters. The Morgan fingerprint density at radius 2 is 1.11 bits per heavy atom. The summed E-state index contributed by atoms with van der Waals surface area (Å²) in [5, 5.41) is 28.6. The summed E-state index contributed by atoms with van der Waals surface area (Å²) in [4.78, 5) is 37.5. The van der Waals surface area contributed by atoms with Crippen molar-refractivity contribution in [1.29, 1.82) is 0 Å². The van der Waals surface area contributed by atoms with Crippen LogP contribution in [0, 0.1) is 20.2 Å². The van der Waals surface area contributed by atoms with Gasteiger partial charge in [-0.05, 0) is 26.2 Å². The molecule has 20 heteroatoms. The molecule has 2 aromatic rings. The second kappa shape index (κ2) is 11.4. The molecule has 3 aliphatic rings. The van der Waals surface area contributed by atoms with Crippen molar-refractivity contribution >= 4 is 43.2 Å². The number of urea groups is 1. The lowest BCUT2D eigenvalue weighted by Gasteiger charge is -2.31. The van der Waals surface area contributed by atoms with Crippen LogP contribution in [-0.2, 0) is 20.0 Å². The van der Waals surface area contributed by atoms with Crippen molar-refractivity contribution in [1.82, 2.24) is 23.8 Å². The summed E-state index contributed by atoms with van der Waals surface area (Å²) >= 11 is 0. The van der Waals surface area contributed by atoms with Crippen LogP contribution in [0.25, 0.3) is 11.1 Å². The Hall–Kier alpha value is -4.08. The van der Waals surface area contributed by atoms with Gasteiger partial charge in [-0.3, -0.25) is 20.2 Å². The maximum absolute atomic E-state index is 13.6. The van der Waals surface area contributed by atoms with Crippen LogP contribution in [0.2, 0.25) is 0 Å². The third-order valence-electron chi connectivity index (χ3n) is 7.81. The van der Waals surface area contributed by atoms with E-state index in [-0.39, 0.29) is 54.1 Å². The van der Waals surface area contributed by atoms with Gasteiger partial charge in [0.1, 0.15) is 0 Å². The van der Waals surface area contributed by atoms with Crippen LogP contribution in [-0.4, -0.2) is 123 Å². The Labute approximate surface area is 252 Å². The summed E-state index contributed by atoms with van der Waals surface area (Å²) in [6.07, 6.45) is 0. The van der Waals surface area contributed by atoms with Crippen molar-refractivity contribution < 1.29 is 31.5 Å². The van der Waals surface area contributed by atoms with Crippen LogP contribution in [0.3, 0.4) is 0 Å². The highest BCUT2D eigenvalue weighted by Crippen LogP contribution is 2.49. The van der Waals surface area contributed by atoms with Gasteiger partial charge in [-0.15, -0.1) is 0 Å². The lowest BCUT2D eigenvalue weighted by molar-refractivity contribution is -0.386. The van der Waals surface area contributed by atoms with E-state index in [1.54, 1.807) is 0 Å². The van der Waals surface area contributed by atoms with Crippen molar-refractivity contribution in [3.63, 3.8) is 0 Å². The number of nitrogens with one attached hydrogen (secondary N) is 1. The minimum Gasteiger partial charge on any atom is -0.350 e. The number of nitrogens with zero attached hydrogens (tertiary/aromatic N) is 7. The molecule has 0 saturated carbocycles. The summed E-state index contributed by atoms with van der Waals surface area (Å²) in [7, 11) is -4.93. The Morgan fingerprint density at radius 1 is 0.750 bits per heavy atom. The summed E-state index contributed by atoms with van der Waals surface area (Å²) < 4.78 is 56.9. The number of nitro benzene ring substituents is 2. The number of nitrogens with two attached hydrogens (primary N) is 1. The summed E-state index contributed by atoms with van der Waals surface area (Å²) in [6, 6.07) is 2.64. The van der Waals surface area contributed by atoms with Crippen molar-refractivity contribution in [2.45, 2.75) is 9.79 Å². The molecule has 0 bridgehead atoms. The third kappa shape index (κ3) is 5.50. The molecule has 236 valence electrons. The number of likely N-dealkylation sites (N-methyl/N-ethyl adjacent to an activating group) is 2. The number of fused-ring (bicyclic) bond motifs is 3. The van der Waals surface area contributed by atoms with Gasteiger partial charge >= 0.3 is 6.03 Å². The van der Waals surface area contributed by atoms with Gasteiger partial charge in [0.25, 0.3) is 11.4 Å². The second-order valence-electron chi connectivity index (χ2n) is 10.6. The largest absolute Gasteiger partial charge is 0.350 e. The molecule has 5 rings (SSSR count). The Bertz CT molecular complexity index is 1690. The third-order valence-corrected chi connectivity index (χ3v) is 11.6. The number of rotatable bonds is 7. The maximum Gasteiger partial charge on any atom is 0.332 e. The van der Waals surface area contributed by atoms with Gasteiger partial charge in [-0.2, -0.15) is 13.7 Å². The molecule has 2 aromatic carbocycles. The molecule has 2 saturated heterocycles. The van der Waals surface area contributed by atoms with Gasteiger partial charge < -0.3 is 15.5 Å². The van der Waals surface area contributed by atoms with Crippen LogP contribution in [0.4, 0.5) is 16.2 Å². The first-order valence-electron chi connectivity index (χ1n) is 13.3. The molecular weight excluding hydrogens is 622 g/mol. The number of piperazine rings is 2. The fourth-order valence-electron chi connectivity index (χ4n) is 5.42. The quantitative estimate of drug-likeness (QED) is 0.250. The zero-order valence-electron chi connectivity index (χ0n) is 23.7. The monoisotopic (exact) mass is 651 g/mol. The highest BCUT2D eigenvalue weighted by molar-refractivity contribution is 7.89. The van der Waals surface area contributed by atoms with Crippen LogP contribution < -0.4 is 11.2 Å². The van der Waals surface area contributed by atoms with Gasteiger partial charge in [0, 0.05) is 75.6 Å². The molecule has 2 amide bonds. The van der Waals surface area contributed by atoms with E-state index in [1.807, 2.05) is 29.3 Å². The van der Waals surface area contributed by atoms with Gasteiger partial charge in [-0.25, -0.2) is 27.1 Å². The molecule has 3 N–H and O–H groups in total. The highest BCUT2D eigenvalue weighted by atomic mass is 32.2. The molecule has 1 aliphatic carbocycles. The first kappa shape index (κ1) is 31.3. The molecule has 44 heavy (non-hydrogen) atoms. The van der Waals surface area contributed by atoms with Crippen molar-refractivity contribution in [3.8, 4) is 11.1 Å². The van der Waals surface area contributed by atoms with E-state index in [1.165, 1.54) is 8.61 Å². The molecule has 18 nitrogen and oxygen atoms in total. The average Bonchev–Trinajstić information content (AvgIpc) is 3.28. The van der Waals surface area contributed by atoms with E-state index in [0.29, 0.717) is 26.2 Å². The fourth-order valence-corrected chi connectivity index (χ4v) is 8.36. The van der Waals surface area contributed by atoms with Crippen LogP contribution >= 0.6 is 0 Å². The first-order chi connectivity index (χ1) is 20.6. The SMILES string of the molecule is CN1CCN(S(=O)(=O)c2cc3c(c([N+](=O)[O-])c2)-c2c(cc(S(=O)(=O)N4CCN(C)CC4)cc2[N+](=O)[O-])C3=NNC(N)=O)CC1. The molecule has 0 spiro atoms. The van der Waals surface area contributed by atoms with Crippen molar-refractivity contribution in [2.24, 2.45) is 10.8 Å². The normalized spacial score (nSPS) is 18.5. The summed E-state index contributed by atoms with van der Waals surface area (Å²) in [5.74, 6) is 0. The van der Waals surface area contributed by atoms with Gasteiger partial charge in [0.2, 0.25) is 20.0 Å². The van der Waals surface area contributed by atoms with Crippen LogP contribution in [0.5, 0.6) is 0 Å². The minimum atomic E-state index is -4.29. The van der Waals surface area contributed by atoms with Crippen LogP contribution in [0.15, 0.2) is 39.2 Å². The molecule has 0 radical (unpaired) electrons. The smallest absolute Gasteiger partial charge is 0.332 e. The number of carbonyl (C=O) groups excluding carboxylic acids is 1. The van der Waals surface area contributed by atoms with Crippen molar-refractivity contribution in [2.75, 3.05) is 66.5 Å². The first-order valence-corrected chi connectivity index (χ1v) is 16.2. The van der Waals surface area contributed by atoms with E-state index in [4.69, 9.17) is 5.73 Å². The zero-order chi connectivity index (χ0) is 32.1. The molecular formula is C24H29N9O9S2. The highest BCUT2D eigenvalue weighted by Gasteiger charge is 2.42. The topological polar surface area (TPSA) is 235 Å². The lowest BCUT2D eigenvalue weighted by Crippen LogP contribution is -2.47. The summed E-state index contributed by atoms with van der Waals surface area (Å²) in [6.45, 7) is 2.15. The number of hydrogen-bond donors (Lipinski definition) is 2. The predicted octanol–water partition coefficient (Wildman–Crippen LogP) is -0.224. The van der Waals surface area contributed by atoms with Crippen molar-refractivity contribution in [3.05, 3.63) is 55.6 Å². The molecule has 2 heterocycles. The van der Waals surface area contributed by atoms with Gasteiger partial charge in [0.05, 0.1) is 36.5 Å². The minimum absolute atomic E-state index is 0.118. The van der Waals surface area contributed by atoms with Gasteiger partial charge in [0.15, 0.2) is 0 Å². The number of benzene rings is 2. The number of amides is 2. The van der Waals surface area contributed by atoms with E-state index >= 15 is 0 Å². The number of carbonyl (C=O) groups is 1. The zero-order valence-corrected chi connectivity index (χ0v) is 25.3. The van der Waals surface area contributed by atoms with Crippen LogP contribution in [0.1, 0.15) is 11.1 Å². The Balaban J connectivity index is 1.76. The van der Waals surface area contributed by atoms with E-state index in [2.05, 4.69) is 5.10 Å². The Kier molecular flexibility index (Phi) is 8.16. The number of sulfonamides is 2. The number of primary amides is 1. The number of hydrazone groups is 1. The predicted molar refractivity (Wildman–Crippen MR) is 156 cm³/mol. The molecule has 0 aromatic heterocycles. The van der Waals surface area contributed by atoms with E-state index < -0.39 is 57.1 Å². The number of nitro groups is 2. The average molecular weight is 652 g/mol. The molecule has 2 aliphatic heterocycles. The number of hydrogen-bond acceptors (Lipinski definition) is 12. The van der Waals surface area contributed by atoms with E-state index in [0.717, 1.165) is 24.3 Å². The van der Waals surface area contributed by atoms with E-state index in [9.17, 15) is 41.9 Å². The fraction of sp³-hybridized carbons (Fsp3) is 0.417. The summed E-state index contributed by atoms with van der Waals surface area (Å²) in [5.41, 5.74) is 4.14. The molecule has 0 unspecified atom stereocenters. The Morgan fingerprint density at radius 3 is 1.43 bits per heavy atom. The van der Waals surface area contributed by atoms with Gasteiger partial charge in [-0.1, -0.05) is 0 Å². The maximum atomic E-state index is 13.6. The second-order valence-corrected chi connectivity index (χ2v) is 14.5.